The number of carbonyl (C=O) groups excluding carboxylic acids is 4. The zero-order valence-corrected chi connectivity index (χ0v) is 39.5. The Morgan fingerprint density at radius 1 is 0.897 bits per heavy atom. The molecule has 356 valence electrons. The molecule has 4 saturated heterocycles. The minimum atomic E-state index is -0.958. The van der Waals surface area contributed by atoms with E-state index in [0.717, 1.165) is 40.2 Å². The number of aryl methyl sites for hydroxylation is 1. The maximum atomic E-state index is 14.3. The molecule has 4 aliphatic heterocycles. The highest BCUT2D eigenvalue weighted by Gasteiger charge is 2.46. The number of piperidine rings is 1. The number of phenolic OH excluding ortho intramolecular Hbond substituents is 1. The summed E-state index contributed by atoms with van der Waals surface area (Å²) in [5.41, 5.74) is 12.6. The second-order valence-electron chi connectivity index (χ2n) is 19.4. The minimum Gasteiger partial charge on any atom is -0.507 e. The monoisotopic (exact) mass is 942 g/mol. The number of aromatic hydroxyl groups is 1. The fourth-order valence-corrected chi connectivity index (χ4v) is 10.8. The summed E-state index contributed by atoms with van der Waals surface area (Å²) in [6.45, 7) is 9.78. The number of hydrogen-bond acceptors (Lipinski definition) is 15. The summed E-state index contributed by atoms with van der Waals surface area (Å²) in [5, 5.41) is 35.5. The molecule has 0 spiro atoms. The van der Waals surface area contributed by atoms with Gasteiger partial charge in [0, 0.05) is 81.6 Å². The van der Waals surface area contributed by atoms with Gasteiger partial charge in [0.25, 0.3) is 5.91 Å². The van der Waals surface area contributed by atoms with Crippen LogP contribution >= 0.6 is 11.3 Å². The van der Waals surface area contributed by atoms with E-state index in [2.05, 4.69) is 45.6 Å². The number of para-hydroxylation sites is 1. The van der Waals surface area contributed by atoms with Gasteiger partial charge in [-0.05, 0) is 67.3 Å². The Labute approximate surface area is 399 Å². The maximum Gasteiger partial charge on any atom is 0.256 e. The van der Waals surface area contributed by atoms with E-state index in [1.165, 1.54) is 4.90 Å². The number of aromatic nitrogens is 5. The first-order valence-electron chi connectivity index (χ1n) is 23.2. The van der Waals surface area contributed by atoms with Gasteiger partial charge < -0.3 is 46.2 Å². The molecule has 0 saturated carbocycles. The van der Waals surface area contributed by atoms with Gasteiger partial charge >= 0.3 is 0 Å². The molecule has 18 nitrogen and oxygen atoms in total. The number of carbonyl (C=O) groups is 4. The molecule has 2 bridgehead atoms. The third-order valence-electron chi connectivity index (χ3n) is 13.8. The van der Waals surface area contributed by atoms with E-state index in [9.17, 15) is 29.4 Å². The number of anilines is 3. The first-order chi connectivity index (χ1) is 32.6. The zero-order valence-electron chi connectivity index (χ0n) is 38.7. The van der Waals surface area contributed by atoms with Gasteiger partial charge in [-0.25, -0.2) is 15.0 Å². The van der Waals surface area contributed by atoms with Crippen molar-refractivity contribution in [3.63, 3.8) is 0 Å². The molecule has 4 fully saturated rings. The summed E-state index contributed by atoms with van der Waals surface area (Å²) in [6, 6.07) is 15.1. The Morgan fingerprint density at radius 2 is 1.59 bits per heavy atom. The highest BCUT2D eigenvalue weighted by atomic mass is 32.1. The van der Waals surface area contributed by atoms with Gasteiger partial charge in [-0.2, -0.15) is 0 Å². The van der Waals surface area contributed by atoms with Crippen molar-refractivity contribution in [1.29, 1.82) is 0 Å². The molecule has 6 N–H and O–H groups in total. The third-order valence-corrected chi connectivity index (χ3v) is 14.7. The fourth-order valence-electron chi connectivity index (χ4n) is 10.0. The lowest BCUT2D eigenvalue weighted by Crippen LogP contribution is -2.58. The quantitative estimate of drug-likeness (QED) is 0.125. The van der Waals surface area contributed by atoms with Gasteiger partial charge in [0.2, 0.25) is 23.7 Å². The summed E-state index contributed by atoms with van der Waals surface area (Å²) in [7, 11) is 0. The first-order valence-corrected chi connectivity index (χ1v) is 24.1. The van der Waals surface area contributed by atoms with Crippen LogP contribution in [0.5, 0.6) is 5.75 Å². The number of nitrogens with one attached hydrogen (secondary N) is 2. The molecule has 0 radical (unpaired) electrons. The van der Waals surface area contributed by atoms with Crippen molar-refractivity contribution in [3.05, 3.63) is 89.3 Å². The van der Waals surface area contributed by atoms with Gasteiger partial charge in [0.1, 0.15) is 17.8 Å². The van der Waals surface area contributed by atoms with Gasteiger partial charge in [-0.15, -0.1) is 21.5 Å². The van der Waals surface area contributed by atoms with Crippen LogP contribution in [0.3, 0.4) is 0 Å². The minimum absolute atomic E-state index is 0.0192. The van der Waals surface area contributed by atoms with Crippen LogP contribution in [0.25, 0.3) is 21.7 Å². The molecule has 68 heavy (non-hydrogen) atoms. The molecular weight excluding hydrogens is 885 g/mol. The number of hydrogen-bond donors (Lipinski definition) is 5. The number of rotatable bonds is 11. The maximum absolute atomic E-state index is 14.3. The highest BCUT2D eigenvalue weighted by Crippen LogP contribution is 2.38. The van der Waals surface area contributed by atoms with E-state index in [1.807, 2.05) is 69.6 Å². The van der Waals surface area contributed by atoms with E-state index in [1.54, 1.807) is 46.8 Å². The van der Waals surface area contributed by atoms with Crippen molar-refractivity contribution < 1.29 is 29.4 Å². The van der Waals surface area contributed by atoms with Crippen molar-refractivity contribution in [2.45, 2.75) is 96.6 Å². The van der Waals surface area contributed by atoms with Crippen molar-refractivity contribution in [1.82, 2.24) is 45.6 Å². The fraction of sp³-hybridized carbons (Fsp3) is 0.449. The normalized spacial score (nSPS) is 21.2. The smallest absolute Gasteiger partial charge is 0.256 e. The predicted molar refractivity (Wildman–Crippen MR) is 257 cm³/mol. The van der Waals surface area contributed by atoms with E-state index in [4.69, 9.17) is 5.73 Å². The summed E-state index contributed by atoms with van der Waals surface area (Å²) in [4.78, 5) is 77.7. The molecule has 5 atom stereocenters. The van der Waals surface area contributed by atoms with E-state index < -0.39 is 35.4 Å². The Morgan fingerprint density at radius 3 is 2.24 bits per heavy atom. The van der Waals surface area contributed by atoms with Crippen molar-refractivity contribution in [2.75, 3.05) is 48.3 Å². The molecule has 3 unspecified atom stereocenters. The Bertz CT molecular complexity index is 2650. The molecular formula is C49H58N12O6S. The van der Waals surface area contributed by atoms with Crippen LogP contribution < -0.4 is 26.2 Å². The standard InChI is InChI=1S/C49H58N12O6S/c1-28-41(68-27-54-28)30-11-9-29(10-12-30)21-51-45(65)39-19-35(62)26-60(39)47(67)42(49(2,3)4)55-44(64)31-15-17-58(18-16-31)46(66)32-22-52-48(53-23-32)61-33-13-14-34(61)25-59(24-33)38-20-37(56-57-43(38)50)36-7-5-6-8-40(36)63/h5-12,20,22-23,27,31,33-35,39,42,62-63H,13-19,21,24-26H2,1-4H3,(H2,50,57)(H,51,65)(H,55,64)/t33?,34?,35-,39+,42?/m1/s1. The molecule has 7 heterocycles. The number of likely N-dealkylation sites (tertiary alicyclic amines) is 2. The molecule has 4 amide bonds. The number of benzene rings is 2. The van der Waals surface area contributed by atoms with Crippen LogP contribution in [-0.4, -0.2) is 132 Å². The lowest BCUT2D eigenvalue weighted by atomic mass is 9.84. The van der Waals surface area contributed by atoms with Gasteiger partial charge in [0.15, 0.2) is 5.82 Å². The van der Waals surface area contributed by atoms with Crippen LogP contribution in [0.4, 0.5) is 17.5 Å². The predicted octanol–water partition coefficient (Wildman–Crippen LogP) is 4.17. The van der Waals surface area contributed by atoms with Gasteiger partial charge in [-0.1, -0.05) is 57.2 Å². The van der Waals surface area contributed by atoms with E-state index in [0.29, 0.717) is 67.6 Å². The molecule has 9 rings (SSSR count). The molecule has 0 aliphatic carbocycles. The van der Waals surface area contributed by atoms with Crippen LogP contribution in [-0.2, 0) is 20.9 Å². The number of β-amino-alcohol motifs (C(OH)–C–C–N with tert-alkyl or cyclic N) is 1. The molecule has 19 heteroatoms. The Hall–Kier alpha value is -6.73. The first kappa shape index (κ1) is 46.4. The average Bonchev–Trinajstić information content (AvgIpc) is 4.03. The molecule has 2 aromatic carbocycles. The van der Waals surface area contributed by atoms with Crippen molar-refractivity contribution in [2.24, 2.45) is 11.3 Å². The lowest BCUT2D eigenvalue weighted by molar-refractivity contribution is -0.144. The van der Waals surface area contributed by atoms with E-state index in [-0.39, 0.29) is 55.1 Å². The van der Waals surface area contributed by atoms with Gasteiger partial charge in [-0.3, -0.25) is 19.2 Å². The molecule has 3 aromatic heterocycles. The zero-order chi connectivity index (χ0) is 47.9. The largest absolute Gasteiger partial charge is 0.507 e. The van der Waals surface area contributed by atoms with Crippen molar-refractivity contribution >= 4 is 52.4 Å². The summed E-state index contributed by atoms with van der Waals surface area (Å²) in [6.07, 6.45) is 5.04. The number of thiazole rings is 1. The number of piperazine rings is 1. The Balaban J connectivity index is 0.774. The van der Waals surface area contributed by atoms with E-state index >= 15 is 0 Å². The molecule has 5 aromatic rings. The highest BCUT2D eigenvalue weighted by molar-refractivity contribution is 7.13. The number of nitrogens with two attached hydrogens (primary N) is 1. The molecule has 4 aliphatic rings. The van der Waals surface area contributed by atoms with Crippen LogP contribution in [0.15, 0.2) is 72.5 Å². The van der Waals surface area contributed by atoms with Gasteiger partial charge in [0.05, 0.1) is 39.1 Å². The lowest BCUT2D eigenvalue weighted by Gasteiger charge is -2.42. The summed E-state index contributed by atoms with van der Waals surface area (Å²) < 4.78 is 0. The number of phenols is 1. The van der Waals surface area contributed by atoms with Crippen LogP contribution in [0, 0.1) is 18.3 Å². The number of amides is 4. The number of aliphatic hydroxyl groups excluding tert-OH is 1. The number of fused-ring (bicyclic) bond motifs is 2. The number of nitrogen functional groups attached to an aromatic ring is 1. The SMILES string of the molecule is Cc1ncsc1-c1ccc(CNC(=O)[C@@H]2C[C@@H](O)CN2C(=O)C(NC(=O)C2CCN(C(=O)c3cnc(N4C5CCC4CN(c4cc(-c6ccccc6O)nnc4N)C5)nc3)CC2)C(C)(C)C)cc1. The average molecular weight is 943 g/mol. The number of nitrogens with zero attached hydrogens (tertiary/aromatic N) is 9. The summed E-state index contributed by atoms with van der Waals surface area (Å²) in [5.74, 6) is -0.741. The summed E-state index contributed by atoms with van der Waals surface area (Å²) >= 11 is 1.57. The topological polar surface area (TPSA) is 236 Å². The second kappa shape index (κ2) is 19.1. The third kappa shape index (κ3) is 9.54. The Kier molecular flexibility index (Phi) is 13.0. The second-order valence-corrected chi connectivity index (χ2v) is 20.3. The van der Waals surface area contributed by atoms with Crippen molar-refractivity contribution in [3.8, 4) is 27.4 Å². The number of aliphatic hydroxyl groups is 1. The van der Waals surface area contributed by atoms with Crippen LogP contribution in [0.1, 0.15) is 74.5 Å². The van der Waals surface area contributed by atoms with Crippen LogP contribution in [0.2, 0.25) is 0 Å².